The Morgan fingerprint density at radius 2 is 2.00 bits per heavy atom. The van der Waals surface area contributed by atoms with Crippen LogP contribution >= 0.6 is 0 Å². The van der Waals surface area contributed by atoms with Gasteiger partial charge in [-0.05, 0) is 12.8 Å². The van der Waals surface area contributed by atoms with Gasteiger partial charge in [-0.1, -0.05) is 0 Å². The lowest BCUT2D eigenvalue weighted by atomic mass is 10.2. The Bertz CT molecular complexity index is 568. The van der Waals surface area contributed by atoms with Crippen molar-refractivity contribution in [2.75, 3.05) is 17.6 Å². The number of nitrogens with zero attached hydrogens (tertiary/aromatic N) is 6. The van der Waals surface area contributed by atoms with Crippen LogP contribution in [0.2, 0.25) is 0 Å². The Hall–Kier alpha value is -2.46. The molecule has 0 spiro atoms. The van der Waals surface area contributed by atoms with Crippen molar-refractivity contribution in [1.82, 2.24) is 29.7 Å². The van der Waals surface area contributed by atoms with E-state index in [9.17, 15) is 13.2 Å². The highest BCUT2D eigenvalue weighted by Gasteiger charge is 2.25. The molecule has 0 bridgehead atoms. The zero-order valence-electron chi connectivity index (χ0n) is 10.9. The standard InChI is InChI=1S/C10H13F3N8/c11-10(12,13)3-1-2-4-16-8-18-7(14)19-9(20-8)21-6-15-5-17-21/h5-6H,1-4H2,(H3,14,16,18,19,20). The third kappa shape index (κ3) is 4.85. The molecule has 0 radical (unpaired) electrons. The number of hydrogen-bond acceptors (Lipinski definition) is 7. The fourth-order valence-corrected chi connectivity index (χ4v) is 1.52. The van der Waals surface area contributed by atoms with E-state index in [2.05, 4.69) is 30.4 Å². The number of hydrogen-bond donors (Lipinski definition) is 2. The van der Waals surface area contributed by atoms with Crippen molar-refractivity contribution in [3.05, 3.63) is 12.7 Å². The van der Waals surface area contributed by atoms with Gasteiger partial charge in [0, 0.05) is 13.0 Å². The molecule has 0 atom stereocenters. The zero-order valence-corrected chi connectivity index (χ0v) is 10.9. The second kappa shape index (κ2) is 6.33. The summed E-state index contributed by atoms with van der Waals surface area (Å²) in [4.78, 5) is 15.5. The largest absolute Gasteiger partial charge is 0.389 e. The minimum Gasteiger partial charge on any atom is -0.368 e. The highest BCUT2D eigenvalue weighted by Crippen LogP contribution is 2.22. The van der Waals surface area contributed by atoms with E-state index < -0.39 is 12.6 Å². The molecule has 2 aromatic rings. The van der Waals surface area contributed by atoms with E-state index in [1.165, 1.54) is 17.3 Å². The van der Waals surface area contributed by atoms with Gasteiger partial charge in [-0.3, -0.25) is 0 Å². The summed E-state index contributed by atoms with van der Waals surface area (Å²) in [6.07, 6.45) is -1.86. The van der Waals surface area contributed by atoms with Crippen LogP contribution in [0.1, 0.15) is 19.3 Å². The first kappa shape index (κ1) is 14.9. The fraction of sp³-hybridized carbons (Fsp3) is 0.500. The summed E-state index contributed by atoms with van der Waals surface area (Å²) >= 11 is 0. The van der Waals surface area contributed by atoms with Crippen molar-refractivity contribution in [1.29, 1.82) is 0 Å². The third-order valence-electron chi connectivity index (χ3n) is 2.43. The van der Waals surface area contributed by atoms with Crippen LogP contribution in [0.3, 0.4) is 0 Å². The predicted octanol–water partition coefficient (Wildman–Crippen LogP) is 1.18. The maximum Gasteiger partial charge on any atom is 0.389 e. The molecule has 11 heteroatoms. The van der Waals surface area contributed by atoms with Gasteiger partial charge in [0.1, 0.15) is 12.7 Å². The van der Waals surface area contributed by atoms with Crippen LogP contribution in [0, 0.1) is 0 Å². The Labute approximate surface area is 117 Å². The highest BCUT2D eigenvalue weighted by molar-refractivity contribution is 5.34. The van der Waals surface area contributed by atoms with Crippen molar-refractivity contribution >= 4 is 11.9 Å². The summed E-state index contributed by atoms with van der Waals surface area (Å²) in [5.41, 5.74) is 5.54. The molecular formula is C10H13F3N8. The Balaban J connectivity index is 1.89. The normalized spacial score (nSPS) is 11.6. The Morgan fingerprint density at radius 1 is 1.19 bits per heavy atom. The van der Waals surface area contributed by atoms with Gasteiger partial charge in [0.25, 0.3) is 5.95 Å². The van der Waals surface area contributed by atoms with Crippen LogP contribution in [0.5, 0.6) is 0 Å². The molecule has 8 nitrogen and oxygen atoms in total. The molecule has 0 aromatic carbocycles. The molecule has 0 aliphatic rings. The van der Waals surface area contributed by atoms with Crippen molar-refractivity contribution in [3.63, 3.8) is 0 Å². The monoisotopic (exact) mass is 302 g/mol. The van der Waals surface area contributed by atoms with Crippen LogP contribution in [-0.2, 0) is 0 Å². The molecular weight excluding hydrogens is 289 g/mol. The number of unbranched alkanes of at least 4 members (excludes halogenated alkanes) is 1. The number of anilines is 2. The first-order valence-electron chi connectivity index (χ1n) is 6.11. The minimum atomic E-state index is -4.13. The Morgan fingerprint density at radius 3 is 2.67 bits per heavy atom. The number of halogens is 3. The van der Waals surface area contributed by atoms with Gasteiger partial charge in [-0.15, -0.1) is 0 Å². The lowest BCUT2D eigenvalue weighted by Crippen LogP contribution is -2.13. The van der Waals surface area contributed by atoms with Gasteiger partial charge in [0.15, 0.2) is 0 Å². The number of nitrogens with one attached hydrogen (secondary N) is 1. The molecule has 0 amide bonds. The van der Waals surface area contributed by atoms with Crippen molar-refractivity contribution < 1.29 is 13.2 Å². The van der Waals surface area contributed by atoms with Crippen LogP contribution in [0.4, 0.5) is 25.1 Å². The molecule has 2 heterocycles. The SMILES string of the molecule is Nc1nc(NCCCCC(F)(F)F)nc(-n2cncn2)n1. The average molecular weight is 302 g/mol. The fourth-order valence-electron chi connectivity index (χ4n) is 1.52. The summed E-state index contributed by atoms with van der Waals surface area (Å²) in [7, 11) is 0. The predicted molar refractivity (Wildman–Crippen MR) is 67.6 cm³/mol. The number of nitrogen functional groups attached to an aromatic ring is 1. The summed E-state index contributed by atoms with van der Waals surface area (Å²) < 4.78 is 37.2. The molecule has 21 heavy (non-hydrogen) atoms. The lowest BCUT2D eigenvalue weighted by Gasteiger charge is -2.08. The van der Waals surface area contributed by atoms with Gasteiger partial charge in [-0.2, -0.15) is 37.9 Å². The van der Waals surface area contributed by atoms with Crippen LogP contribution in [0.25, 0.3) is 5.95 Å². The minimum absolute atomic E-state index is 0.0201. The molecule has 3 N–H and O–H groups in total. The van der Waals surface area contributed by atoms with Crippen LogP contribution < -0.4 is 11.1 Å². The quantitative estimate of drug-likeness (QED) is 0.771. The molecule has 0 aliphatic heterocycles. The molecule has 114 valence electrons. The van der Waals surface area contributed by atoms with E-state index in [4.69, 9.17) is 5.73 Å². The zero-order chi connectivity index (χ0) is 15.3. The molecule has 2 rings (SSSR count). The topological polar surface area (TPSA) is 107 Å². The van der Waals surface area contributed by atoms with Crippen molar-refractivity contribution in [2.45, 2.75) is 25.4 Å². The highest BCUT2D eigenvalue weighted by atomic mass is 19.4. The summed E-state index contributed by atoms with van der Waals surface area (Å²) in [6, 6.07) is 0. The number of aromatic nitrogens is 6. The van der Waals surface area contributed by atoms with E-state index in [0.29, 0.717) is 13.0 Å². The first-order chi connectivity index (χ1) is 9.94. The number of rotatable bonds is 6. The van der Waals surface area contributed by atoms with E-state index in [0.717, 1.165) is 0 Å². The second-order valence-electron chi connectivity index (χ2n) is 4.16. The van der Waals surface area contributed by atoms with Crippen molar-refractivity contribution in [3.8, 4) is 5.95 Å². The third-order valence-corrected chi connectivity index (χ3v) is 2.43. The Kier molecular flexibility index (Phi) is 4.50. The second-order valence-corrected chi connectivity index (χ2v) is 4.16. The number of alkyl halides is 3. The molecule has 0 saturated heterocycles. The molecule has 0 unspecified atom stereocenters. The molecule has 0 aliphatic carbocycles. The molecule has 0 saturated carbocycles. The van der Waals surface area contributed by atoms with Gasteiger partial charge in [0.2, 0.25) is 11.9 Å². The van der Waals surface area contributed by atoms with Crippen LogP contribution in [0.15, 0.2) is 12.7 Å². The number of nitrogens with two attached hydrogens (primary N) is 1. The lowest BCUT2D eigenvalue weighted by molar-refractivity contribution is -0.135. The van der Waals surface area contributed by atoms with E-state index in [1.54, 1.807) is 0 Å². The van der Waals surface area contributed by atoms with Gasteiger partial charge in [0.05, 0.1) is 0 Å². The average Bonchev–Trinajstić information content (AvgIpc) is 2.90. The van der Waals surface area contributed by atoms with Gasteiger partial charge < -0.3 is 11.1 Å². The van der Waals surface area contributed by atoms with Crippen molar-refractivity contribution in [2.24, 2.45) is 0 Å². The first-order valence-corrected chi connectivity index (χ1v) is 6.11. The molecule has 2 aromatic heterocycles. The smallest absolute Gasteiger partial charge is 0.368 e. The van der Waals surface area contributed by atoms with E-state index in [1.807, 2.05) is 0 Å². The van der Waals surface area contributed by atoms with Gasteiger partial charge >= 0.3 is 6.18 Å². The maximum absolute atomic E-state index is 12.0. The molecule has 0 fully saturated rings. The summed E-state index contributed by atoms with van der Waals surface area (Å²) in [5, 5.41) is 6.65. The van der Waals surface area contributed by atoms with E-state index in [-0.39, 0.29) is 24.3 Å². The van der Waals surface area contributed by atoms with Gasteiger partial charge in [-0.25, -0.2) is 4.98 Å². The summed E-state index contributed by atoms with van der Waals surface area (Å²) in [5.74, 6) is 0.339. The van der Waals surface area contributed by atoms with E-state index >= 15 is 0 Å². The van der Waals surface area contributed by atoms with Crippen LogP contribution in [-0.4, -0.2) is 42.4 Å². The summed E-state index contributed by atoms with van der Waals surface area (Å²) in [6.45, 7) is 0.302. The maximum atomic E-state index is 12.0.